The average Bonchev–Trinajstić information content (AvgIpc) is 2.82. The molecule has 108 valence electrons. The van der Waals surface area contributed by atoms with Crippen LogP contribution in [0.3, 0.4) is 0 Å². The highest BCUT2D eigenvalue weighted by molar-refractivity contribution is 6.04. The monoisotopic (exact) mass is 286 g/mol. The van der Waals surface area contributed by atoms with Crippen LogP contribution >= 0.6 is 0 Å². The fraction of sp³-hybridized carbons (Fsp3) is 0.462. The predicted molar refractivity (Wildman–Crippen MR) is 66.6 cm³/mol. The molecule has 1 aromatic rings. The highest BCUT2D eigenvalue weighted by atomic mass is 19.4. The van der Waals surface area contributed by atoms with Crippen LogP contribution in [-0.2, 0) is 15.7 Å². The SMILES string of the molecule is COC1CC2C(=O)Nc3cc(C(F)(F)F)ccc3N2C1. The number of alkyl halides is 3. The number of carbonyl (C=O) groups excluding carboxylic acids is 1. The molecule has 3 rings (SSSR count). The lowest BCUT2D eigenvalue weighted by Gasteiger charge is -2.33. The molecule has 0 radical (unpaired) electrons. The molecule has 2 unspecified atom stereocenters. The van der Waals surface area contributed by atoms with Gasteiger partial charge in [0.05, 0.1) is 23.0 Å². The van der Waals surface area contributed by atoms with E-state index >= 15 is 0 Å². The van der Waals surface area contributed by atoms with Crippen molar-refractivity contribution in [2.75, 3.05) is 23.9 Å². The van der Waals surface area contributed by atoms with Gasteiger partial charge in [0.2, 0.25) is 5.91 Å². The number of anilines is 2. The Balaban J connectivity index is 2.00. The van der Waals surface area contributed by atoms with Crippen LogP contribution < -0.4 is 10.2 Å². The Hall–Kier alpha value is -1.76. The van der Waals surface area contributed by atoms with E-state index in [2.05, 4.69) is 5.32 Å². The second kappa shape index (κ2) is 4.37. The molecule has 2 heterocycles. The Labute approximate surface area is 113 Å². The van der Waals surface area contributed by atoms with E-state index in [0.717, 1.165) is 12.1 Å². The first-order valence-electron chi connectivity index (χ1n) is 6.21. The van der Waals surface area contributed by atoms with Gasteiger partial charge in [0.25, 0.3) is 0 Å². The molecule has 20 heavy (non-hydrogen) atoms. The molecule has 7 heteroatoms. The normalized spacial score (nSPS) is 25.2. The van der Waals surface area contributed by atoms with Crippen molar-refractivity contribution in [2.24, 2.45) is 0 Å². The number of halogens is 3. The van der Waals surface area contributed by atoms with Crippen LogP contribution in [0.4, 0.5) is 24.5 Å². The van der Waals surface area contributed by atoms with Crippen LogP contribution in [0.1, 0.15) is 12.0 Å². The first-order chi connectivity index (χ1) is 9.40. The van der Waals surface area contributed by atoms with E-state index < -0.39 is 11.7 Å². The number of nitrogens with one attached hydrogen (secondary N) is 1. The highest BCUT2D eigenvalue weighted by Gasteiger charge is 2.42. The lowest BCUT2D eigenvalue weighted by atomic mass is 10.1. The molecule has 1 saturated heterocycles. The third kappa shape index (κ3) is 2.02. The first kappa shape index (κ1) is 13.2. The van der Waals surface area contributed by atoms with Crippen LogP contribution in [0.5, 0.6) is 0 Å². The van der Waals surface area contributed by atoms with Gasteiger partial charge < -0.3 is 15.0 Å². The maximum atomic E-state index is 12.7. The predicted octanol–water partition coefficient (Wildman–Crippen LogP) is 2.25. The molecule has 0 aliphatic carbocycles. The Morgan fingerprint density at radius 2 is 2.15 bits per heavy atom. The highest BCUT2D eigenvalue weighted by Crippen LogP contribution is 2.40. The number of methoxy groups -OCH3 is 1. The molecule has 2 aliphatic heterocycles. The van der Waals surface area contributed by atoms with Crippen molar-refractivity contribution in [3.63, 3.8) is 0 Å². The topological polar surface area (TPSA) is 41.6 Å². The number of hydrogen-bond donors (Lipinski definition) is 1. The van der Waals surface area contributed by atoms with Crippen molar-refractivity contribution in [3.8, 4) is 0 Å². The van der Waals surface area contributed by atoms with Crippen molar-refractivity contribution in [3.05, 3.63) is 23.8 Å². The van der Waals surface area contributed by atoms with E-state index in [9.17, 15) is 18.0 Å². The van der Waals surface area contributed by atoms with E-state index in [1.807, 2.05) is 4.90 Å². The van der Waals surface area contributed by atoms with Gasteiger partial charge in [-0.05, 0) is 18.2 Å². The van der Waals surface area contributed by atoms with Crippen LogP contribution in [0, 0.1) is 0 Å². The van der Waals surface area contributed by atoms with Crippen molar-refractivity contribution in [1.82, 2.24) is 0 Å². The minimum Gasteiger partial charge on any atom is -0.380 e. The number of carbonyl (C=O) groups is 1. The molecule has 0 aromatic heterocycles. The molecular formula is C13H13F3N2O2. The van der Waals surface area contributed by atoms with Crippen LogP contribution in [0.2, 0.25) is 0 Å². The van der Waals surface area contributed by atoms with Gasteiger partial charge in [-0.3, -0.25) is 4.79 Å². The third-order valence-corrected chi connectivity index (χ3v) is 3.79. The van der Waals surface area contributed by atoms with Gasteiger partial charge in [0.1, 0.15) is 6.04 Å². The van der Waals surface area contributed by atoms with Crippen molar-refractivity contribution in [2.45, 2.75) is 24.7 Å². The van der Waals surface area contributed by atoms with Gasteiger partial charge in [-0.1, -0.05) is 0 Å². The minimum atomic E-state index is -4.42. The minimum absolute atomic E-state index is 0.0843. The van der Waals surface area contributed by atoms with Gasteiger partial charge in [0.15, 0.2) is 0 Å². The van der Waals surface area contributed by atoms with Crippen molar-refractivity contribution >= 4 is 17.3 Å². The molecule has 0 saturated carbocycles. The lowest BCUT2D eigenvalue weighted by molar-refractivity contribution is -0.137. The summed E-state index contributed by atoms with van der Waals surface area (Å²) in [5, 5.41) is 2.55. The fourth-order valence-corrected chi connectivity index (χ4v) is 2.76. The summed E-state index contributed by atoms with van der Waals surface area (Å²) in [5.41, 5.74) is 0.0532. The number of fused-ring (bicyclic) bond motifs is 3. The maximum absolute atomic E-state index is 12.7. The molecule has 1 fully saturated rings. The Morgan fingerprint density at radius 3 is 2.80 bits per heavy atom. The van der Waals surface area contributed by atoms with Crippen LogP contribution in [0.25, 0.3) is 0 Å². The molecule has 1 aromatic carbocycles. The number of amides is 1. The van der Waals surface area contributed by atoms with E-state index in [1.54, 1.807) is 7.11 Å². The zero-order chi connectivity index (χ0) is 14.5. The van der Waals surface area contributed by atoms with Gasteiger partial charge in [-0.25, -0.2) is 0 Å². The Kier molecular flexibility index (Phi) is 2.89. The van der Waals surface area contributed by atoms with E-state index in [-0.39, 0.29) is 23.7 Å². The van der Waals surface area contributed by atoms with Crippen molar-refractivity contribution < 1.29 is 22.7 Å². The summed E-state index contributed by atoms with van der Waals surface area (Å²) < 4.78 is 43.3. The molecule has 2 atom stereocenters. The molecule has 4 nitrogen and oxygen atoms in total. The summed E-state index contributed by atoms with van der Waals surface area (Å²) in [6, 6.07) is 3.05. The van der Waals surface area contributed by atoms with E-state index in [0.29, 0.717) is 18.7 Å². The maximum Gasteiger partial charge on any atom is 0.416 e. The summed E-state index contributed by atoms with van der Waals surface area (Å²) in [6.07, 6.45) is -3.96. The quantitative estimate of drug-likeness (QED) is 0.861. The fourth-order valence-electron chi connectivity index (χ4n) is 2.76. The van der Waals surface area contributed by atoms with Crippen LogP contribution in [-0.4, -0.2) is 31.7 Å². The van der Waals surface area contributed by atoms with E-state index in [4.69, 9.17) is 4.74 Å². The van der Waals surface area contributed by atoms with Crippen LogP contribution in [0.15, 0.2) is 18.2 Å². The average molecular weight is 286 g/mol. The van der Waals surface area contributed by atoms with Gasteiger partial charge in [0, 0.05) is 20.1 Å². The number of nitrogens with zero attached hydrogens (tertiary/aromatic N) is 1. The third-order valence-electron chi connectivity index (χ3n) is 3.79. The molecular weight excluding hydrogens is 273 g/mol. The number of hydrogen-bond acceptors (Lipinski definition) is 3. The van der Waals surface area contributed by atoms with E-state index in [1.165, 1.54) is 6.07 Å². The molecule has 1 N–H and O–H groups in total. The summed E-state index contributed by atoms with van der Waals surface area (Å²) in [7, 11) is 1.56. The van der Waals surface area contributed by atoms with Gasteiger partial charge in [-0.15, -0.1) is 0 Å². The molecule has 2 aliphatic rings. The number of rotatable bonds is 1. The standard InChI is InChI=1S/C13H13F3N2O2/c1-20-8-5-11-12(19)17-9-4-7(13(14,15)16)2-3-10(9)18(11)6-8/h2-4,8,11H,5-6H2,1H3,(H,17,19). The zero-order valence-corrected chi connectivity index (χ0v) is 10.7. The first-order valence-corrected chi connectivity index (χ1v) is 6.21. The number of benzene rings is 1. The largest absolute Gasteiger partial charge is 0.416 e. The Bertz CT molecular complexity index is 559. The smallest absolute Gasteiger partial charge is 0.380 e. The second-order valence-corrected chi connectivity index (χ2v) is 4.98. The lowest BCUT2D eigenvalue weighted by Crippen LogP contribution is -2.44. The van der Waals surface area contributed by atoms with Gasteiger partial charge >= 0.3 is 6.18 Å². The molecule has 0 spiro atoms. The zero-order valence-electron chi connectivity index (χ0n) is 10.7. The molecule has 0 bridgehead atoms. The van der Waals surface area contributed by atoms with Crippen molar-refractivity contribution in [1.29, 1.82) is 0 Å². The number of ether oxygens (including phenoxy) is 1. The molecule has 1 amide bonds. The second-order valence-electron chi connectivity index (χ2n) is 4.98. The summed E-state index contributed by atoms with van der Waals surface area (Å²) in [6.45, 7) is 0.507. The summed E-state index contributed by atoms with van der Waals surface area (Å²) in [5.74, 6) is -0.281. The summed E-state index contributed by atoms with van der Waals surface area (Å²) in [4.78, 5) is 13.8. The summed E-state index contributed by atoms with van der Waals surface area (Å²) >= 11 is 0. The Morgan fingerprint density at radius 1 is 1.40 bits per heavy atom. The van der Waals surface area contributed by atoms with Gasteiger partial charge in [-0.2, -0.15) is 13.2 Å².